The lowest BCUT2D eigenvalue weighted by Crippen LogP contribution is -2.05. The molecular weight excluding hydrogens is 390 g/mol. The number of methoxy groups -OCH3 is 1. The predicted octanol–water partition coefficient (Wildman–Crippen LogP) is 4.93. The van der Waals surface area contributed by atoms with E-state index in [1.807, 2.05) is 35.0 Å². The molecule has 1 aliphatic rings. The summed E-state index contributed by atoms with van der Waals surface area (Å²) in [6.07, 6.45) is 0.945. The van der Waals surface area contributed by atoms with Crippen LogP contribution in [0.2, 0.25) is 5.02 Å². The van der Waals surface area contributed by atoms with Gasteiger partial charge in [0.1, 0.15) is 17.3 Å². The van der Waals surface area contributed by atoms with Crippen molar-refractivity contribution < 1.29 is 4.74 Å². The van der Waals surface area contributed by atoms with Gasteiger partial charge >= 0.3 is 0 Å². The van der Waals surface area contributed by atoms with Crippen molar-refractivity contribution in [1.82, 2.24) is 9.78 Å². The van der Waals surface area contributed by atoms with E-state index in [9.17, 15) is 0 Å². The highest BCUT2D eigenvalue weighted by Gasteiger charge is 2.25. The normalized spacial score (nSPS) is 12.8. The summed E-state index contributed by atoms with van der Waals surface area (Å²) in [5.41, 5.74) is 4.12. The molecule has 0 fully saturated rings. The van der Waals surface area contributed by atoms with Gasteiger partial charge in [-0.1, -0.05) is 39.7 Å². The molecule has 0 saturated carbocycles. The number of anilines is 1. The van der Waals surface area contributed by atoms with E-state index in [2.05, 4.69) is 33.4 Å². The topological polar surface area (TPSA) is 39.1 Å². The van der Waals surface area contributed by atoms with Gasteiger partial charge < -0.3 is 10.1 Å². The van der Waals surface area contributed by atoms with Crippen molar-refractivity contribution in [3.05, 3.63) is 57.5 Å². The van der Waals surface area contributed by atoms with E-state index in [0.29, 0.717) is 5.02 Å². The van der Waals surface area contributed by atoms with Gasteiger partial charge in [-0.2, -0.15) is 5.10 Å². The van der Waals surface area contributed by atoms with E-state index in [0.717, 1.165) is 46.0 Å². The van der Waals surface area contributed by atoms with E-state index in [1.165, 1.54) is 5.56 Å². The average Bonchev–Trinajstić information content (AvgIpc) is 3.17. The highest BCUT2D eigenvalue weighted by molar-refractivity contribution is 9.10. The highest BCUT2D eigenvalue weighted by atomic mass is 79.9. The molecule has 0 radical (unpaired) electrons. The molecule has 24 heavy (non-hydrogen) atoms. The fourth-order valence-corrected chi connectivity index (χ4v) is 3.61. The number of nitrogens with zero attached hydrogens (tertiary/aromatic N) is 2. The Bertz CT molecular complexity index is 923. The van der Waals surface area contributed by atoms with Crippen molar-refractivity contribution in [3.63, 3.8) is 0 Å². The van der Waals surface area contributed by atoms with E-state index in [1.54, 1.807) is 7.11 Å². The predicted molar refractivity (Wildman–Crippen MR) is 100 cm³/mol. The maximum Gasteiger partial charge on any atom is 0.144 e. The monoisotopic (exact) mass is 403 g/mol. The Morgan fingerprint density at radius 1 is 1.25 bits per heavy atom. The lowest BCUT2D eigenvalue weighted by molar-refractivity contribution is 0.412. The standard InChI is InChI=1S/C18H15BrClN3O/c1-24-16-6-5-13(20)10-15(16)23-18-14(7-8-21-18)17(22-23)11-3-2-4-12(19)9-11/h2-6,9-10,21H,7-8H2,1H3. The second-order valence-corrected chi connectivity index (χ2v) is 6.94. The number of benzene rings is 2. The largest absolute Gasteiger partial charge is 0.494 e. The van der Waals surface area contributed by atoms with Crippen LogP contribution in [-0.4, -0.2) is 23.4 Å². The molecule has 2 heterocycles. The quantitative estimate of drug-likeness (QED) is 0.672. The molecule has 1 aliphatic heterocycles. The fourth-order valence-electron chi connectivity index (χ4n) is 3.05. The van der Waals surface area contributed by atoms with Crippen LogP contribution in [0.3, 0.4) is 0 Å². The number of hydrogen-bond donors (Lipinski definition) is 1. The highest BCUT2D eigenvalue weighted by Crippen LogP contribution is 2.37. The number of aromatic nitrogens is 2. The van der Waals surface area contributed by atoms with Crippen LogP contribution in [0.25, 0.3) is 16.9 Å². The van der Waals surface area contributed by atoms with Crippen LogP contribution in [0, 0.1) is 0 Å². The molecule has 1 N–H and O–H groups in total. The van der Waals surface area contributed by atoms with Crippen LogP contribution in [0.15, 0.2) is 46.9 Å². The first-order chi connectivity index (χ1) is 11.7. The van der Waals surface area contributed by atoms with Gasteiger partial charge in [-0.05, 0) is 36.8 Å². The minimum Gasteiger partial charge on any atom is -0.494 e. The molecule has 122 valence electrons. The van der Waals surface area contributed by atoms with Crippen molar-refractivity contribution in [1.29, 1.82) is 0 Å². The first-order valence-corrected chi connectivity index (χ1v) is 8.80. The molecule has 6 heteroatoms. The first-order valence-electron chi connectivity index (χ1n) is 7.63. The van der Waals surface area contributed by atoms with Gasteiger partial charge in [0.25, 0.3) is 0 Å². The Balaban J connectivity index is 1.93. The minimum atomic E-state index is 0.650. The Kier molecular flexibility index (Phi) is 3.98. The van der Waals surface area contributed by atoms with Crippen molar-refractivity contribution in [2.45, 2.75) is 6.42 Å². The second kappa shape index (κ2) is 6.15. The SMILES string of the molecule is COc1ccc(Cl)cc1-n1nc(-c2cccc(Br)c2)c2c1NCC2. The zero-order valence-electron chi connectivity index (χ0n) is 13.0. The average molecular weight is 405 g/mol. The smallest absolute Gasteiger partial charge is 0.144 e. The van der Waals surface area contributed by atoms with Gasteiger partial charge in [-0.3, -0.25) is 0 Å². The number of nitrogens with one attached hydrogen (secondary N) is 1. The van der Waals surface area contributed by atoms with Gasteiger partial charge in [-0.15, -0.1) is 0 Å². The molecule has 3 aromatic rings. The van der Waals surface area contributed by atoms with Crippen molar-refractivity contribution in [3.8, 4) is 22.7 Å². The molecule has 4 rings (SSSR count). The molecule has 0 saturated heterocycles. The van der Waals surface area contributed by atoms with Crippen molar-refractivity contribution >= 4 is 33.3 Å². The third kappa shape index (κ3) is 2.58. The van der Waals surface area contributed by atoms with Crippen molar-refractivity contribution in [2.75, 3.05) is 19.0 Å². The van der Waals surface area contributed by atoms with E-state index >= 15 is 0 Å². The van der Waals surface area contributed by atoms with Crippen molar-refractivity contribution in [2.24, 2.45) is 0 Å². The lowest BCUT2D eigenvalue weighted by atomic mass is 10.1. The Morgan fingerprint density at radius 2 is 2.12 bits per heavy atom. The summed E-state index contributed by atoms with van der Waals surface area (Å²) in [6, 6.07) is 13.7. The Labute approximate surface area is 153 Å². The number of hydrogen-bond acceptors (Lipinski definition) is 3. The lowest BCUT2D eigenvalue weighted by Gasteiger charge is -2.11. The summed E-state index contributed by atoms with van der Waals surface area (Å²) in [6.45, 7) is 0.900. The van der Waals surface area contributed by atoms with Crippen LogP contribution in [0.1, 0.15) is 5.56 Å². The van der Waals surface area contributed by atoms with Gasteiger partial charge in [0.2, 0.25) is 0 Å². The summed E-state index contributed by atoms with van der Waals surface area (Å²) in [4.78, 5) is 0. The molecule has 0 bridgehead atoms. The van der Waals surface area contributed by atoms with Gasteiger partial charge in [0, 0.05) is 27.2 Å². The van der Waals surface area contributed by atoms with E-state index in [-0.39, 0.29) is 0 Å². The summed E-state index contributed by atoms with van der Waals surface area (Å²) in [5.74, 6) is 1.74. The van der Waals surface area contributed by atoms with Crippen LogP contribution >= 0.6 is 27.5 Å². The van der Waals surface area contributed by atoms with E-state index in [4.69, 9.17) is 21.4 Å². The maximum absolute atomic E-state index is 6.20. The number of fused-ring (bicyclic) bond motifs is 1. The zero-order chi connectivity index (χ0) is 16.7. The van der Waals surface area contributed by atoms with Crippen LogP contribution < -0.4 is 10.1 Å². The second-order valence-electron chi connectivity index (χ2n) is 5.59. The number of rotatable bonds is 3. The first kappa shape index (κ1) is 15.5. The molecule has 2 aromatic carbocycles. The fraction of sp³-hybridized carbons (Fsp3) is 0.167. The number of ether oxygens (including phenoxy) is 1. The molecule has 0 spiro atoms. The van der Waals surface area contributed by atoms with Gasteiger partial charge in [0.05, 0.1) is 12.8 Å². The molecular formula is C18H15BrClN3O. The maximum atomic E-state index is 6.20. The van der Waals surface area contributed by atoms with Crippen LogP contribution in [-0.2, 0) is 6.42 Å². The Morgan fingerprint density at radius 3 is 2.92 bits per heavy atom. The van der Waals surface area contributed by atoms with Gasteiger partial charge in [0.15, 0.2) is 0 Å². The Hall–Kier alpha value is -1.98. The summed E-state index contributed by atoms with van der Waals surface area (Å²) < 4.78 is 8.42. The molecule has 1 aromatic heterocycles. The van der Waals surface area contributed by atoms with Crippen LogP contribution in [0.5, 0.6) is 5.75 Å². The van der Waals surface area contributed by atoms with Crippen LogP contribution in [0.4, 0.5) is 5.82 Å². The third-order valence-corrected chi connectivity index (χ3v) is 4.85. The summed E-state index contributed by atoms with van der Waals surface area (Å²) in [7, 11) is 1.65. The number of halogens is 2. The van der Waals surface area contributed by atoms with E-state index < -0.39 is 0 Å². The third-order valence-electron chi connectivity index (χ3n) is 4.12. The molecule has 0 atom stereocenters. The zero-order valence-corrected chi connectivity index (χ0v) is 15.4. The summed E-state index contributed by atoms with van der Waals surface area (Å²) >= 11 is 9.73. The summed E-state index contributed by atoms with van der Waals surface area (Å²) in [5, 5.41) is 8.94. The molecule has 0 amide bonds. The molecule has 0 unspecified atom stereocenters. The molecule has 4 nitrogen and oxygen atoms in total. The van der Waals surface area contributed by atoms with Gasteiger partial charge in [-0.25, -0.2) is 4.68 Å². The molecule has 0 aliphatic carbocycles. The minimum absolute atomic E-state index is 0.650.